The highest BCUT2D eigenvalue weighted by Crippen LogP contribution is 2.27. The molecule has 0 bridgehead atoms. The third-order valence-electron chi connectivity index (χ3n) is 5.89. The number of piperidine rings is 1. The molecule has 160 valence electrons. The van der Waals surface area contributed by atoms with E-state index in [9.17, 15) is 9.59 Å². The quantitative estimate of drug-likeness (QED) is 0.732. The molecule has 1 fully saturated rings. The monoisotopic (exact) mass is 407 g/mol. The highest BCUT2D eigenvalue weighted by molar-refractivity contribution is 5.94. The minimum atomic E-state index is -0.0692. The van der Waals surface area contributed by atoms with Crippen molar-refractivity contribution in [1.29, 1.82) is 0 Å². The molecule has 0 aliphatic carbocycles. The van der Waals surface area contributed by atoms with Crippen molar-refractivity contribution in [3.8, 4) is 0 Å². The fraction of sp³-hybridized carbons (Fsp3) is 0.440. The van der Waals surface area contributed by atoms with Crippen LogP contribution in [0.2, 0.25) is 0 Å². The number of urea groups is 1. The molecule has 1 heterocycles. The molecule has 0 radical (unpaired) electrons. The smallest absolute Gasteiger partial charge is 0.317 e. The zero-order chi connectivity index (χ0) is 21.5. The second kappa shape index (κ2) is 10.3. The molecule has 1 aliphatic rings. The van der Waals surface area contributed by atoms with Gasteiger partial charge in [-0.3, -0.25) is 4.79 Å². The van der Waals surface area contributed by atoms with Crippen LogP contribution in [0.15, 0.2) is 48.5 Å². The van der Waals surface area contributed by atoms with Gasteiger partial charge in [0.2, 0.25) is 0 Å². The van der Waals surface area contributed by atoms with Crippen molar-refractivity contribution in [3.05, 3.63) is 70.8 Å². The third-order valence-corrected chi connectivity index (χ3v) is 5.89. The van der Waals surface area contributed by atoms with Gasteiger partial charge in [0.05, 0.1) is 6.04 Å². The van der Waals surface area contributed by atoms with Crippen LogP contribution in [0.25, 0.3) is 0 Å². The van der Waals surface area contributed by atoms with Crippen molar-refractivity contribution in [1.82, 2.24) is 15.5 Å². The number of carbonyl (C=O) groups excluding carboxylic acids is 2. The summed E-state index contributed by atoms with van der Waals surface area (Å²) in [6.45, 7) is 8.19. The summed E-state index contributed by atoms with van der Waals surface area (Å²) in [5, 5.41) is 5.99. The van der Waals surface area contributed by atoms with E-state index in [0.717, 1.165) is 36.9 Å². The van der Waals surface area contributed by atoms with Crippen LogP contribution in [0.3, 0.4) is 0 Å². The van der Waals surface area contributed by atoms with Crippen molar-refractivity contribution >= 4 is 11.9 Å². The summed E-state index contributed by atoms with van der Waals surface area (Å²) in [6, 6.07) is 16.2. The van der Waals surface area contributed by atoms with Gasteiger partial charge in [-0.2, -0.15) is 0 Å². The number of nitrogens with zero attached hydrogens (tertiary/aromatic N) is 1. The lowest BCUT2D eigenvalue weighted by Crippen LogP contribution is -2.44. The van der Waals surface area contributed by atoms with Crippen LogP contribution < -0.4 is 10.6 Å². The van der Waals surface area contributed by atoms with Crippen molar-refractivity contribution in [2.75, 3.05) is 19.6 Å². The molecule has 30 heavy (non-hydrogen) atoms. The Hall–Kier alpha value is -2.82. The number of amides is 3. The Morgan fingerprint density at radius 1 is 1.13 bits per heavy atom. The first-order valence-corrected chi connectivity index (χ1v) is 11.0. The van der Waals surface area contributed by atoms with Crippen molar-refractivity contribution in [2.45, 2.75) is 52.0 Å². The lowest BCUT2D eigenvalue weighted by Gasteiger charge is -2.33. The molecule has 5 nitrogen and oxygen atoms in total. The Morgan fingerprint density at radius 2 is 1.90 bits per heavy atom. The maximum Gasteiger partial charge on any atom is 0.317 e. The maximum absolute atomic E-state index is 12.9. The molecule has 0 saturated carbocycles. The van der Waals surface area contributed by atoms with E-state index in [1.165, 1.54) is 5.56 Å². The van der Waals surface area contributed by atoms with Crippen LogP contribution in [0.1, 0.15) is 72.6 Å². The predicted octanol–water partition coefficient (Wildman–Crippen LogP) is 4.65. The van der Waals surface area contributed by atoms with Crippen LogP contribution in [0, 0.1) is 0 Å². The van der Waals surface area contributed by atoms with Gasteiger partial charge in [-0.15, -0.1) is 0 Å². The van der Waals surface area contributed by atoms with Gasteiger partial charge in [0, 0.05) is 31.1 Å². The minimum absolute atomic E-state index is 0.000913. The predicted molar refractivity (Wildman–Crippen MR) is 121 cm³/mol. The molecule has 3 amide bonds. The summed E-state index contributed by atoms with van der Waals surface area (Å²) >= 11 is 0. The third kappa shape index (κ3) is 5.41. The van der Waals surface area contributed by atoms with Crippen molar-refractivity contribution in [3.63, 3.8) is 0 Å². The molecule has 1 saturated heterocycles. The summed E-state index contributed by atoms with van der Waals surface area (Å²) in [7, 11) is 0. The topological polar surface area (TPSA) is 61.4 Å². The number of rotatable bonds is 6. The van der Waals surface area contributed by atoms with Crippen LogP contribution in [-0.4, -0.2) is 36.5 Å². The Labute approximate surface area is 179 Å². The fourth-order valence-electron chi connectivity index (χ4n) is 4.04. The molecule has 0 unspecified atom stereocenters. The summed E-state index contributed by atoms with van der Waals surface area (Å²) in [5.74, 6) is 0.188. The van der Waals surface area contributed by atoms with E-state index in [-0.39, 0.29) is 23.9 Å². The van der Waals surface area contributed by atoms with Crippen LogP contribution in [0.4, 0.5) is 4.79 Å². The van der Waals surface area contributed by atoms with Gasteiger partial charge in [0.15, 0.2) is 0 Å². The second-order valence-electron chi connectivity index (χ2n) is 8.04. The zero-order valence-electron chi connectivity index (χ0n) is 18.3. The number of carbonyl (C=O) groups is 2. The molecule has 2 aromatic rings. The van der Waals surface area contributed by atoms with E-state index in [2.05, 4.69) is 47.9 Å². The first-order valence-electron chi connectivity index (χ1n) is 11.0. The molecular weight excluding hydrogens is 374 g/mol. The van der Waals surface area contributed by atoms with E-state index in [4.69, 9.17) is 0 Å². The first-order chi connectivity index (χ1) is 14.5. The Bertz CT molecular complexity index is 863. The number of hydrogen-bond acceptors (Lipinski definition) is 2. The molecule has 0 aromatic heterocycles. The van der Waals surface area contributed by atoms with Crippen molar-refractivity contribution in [2.24, 2.45) is 0 Å². The maximum atomic E-state index is 12.9. The minimum Gasteiger partial charge on any atom is -0.346 e. The van der Waals surface area contributed by atoms with Crippen LogP contribution in [0.5, 0.6) is 0 Å². The second-order valence-corrected chi connectivity index (χ2v) is 8.04. The van der Waals surface area contributed by atoms with E-state index in [0.29, 0.717) is 18.7 Å². The summed E-state index contributed by atoms with van der Waals surface area (Å²) < 4.78 is 0. The van der Waals surface area contributed by atoms with E-state index in [1.807, 2.05) is 36.9 Å². The van der Waals surface area contributed by atoms with E-state index >= 15 is 0 Å². The van der Waals surface area contributed by atoms with Crippen LogP contribution in [-0.2, 0) is 6.42 Å². The average molecular weight is 408 g/mol. The molecule has 1 aliphatic heterocycles. The molecule has 2 atom stereocenters. The SMILES string of the molecule is CCNC(=O)N1CCC[C@@H](c2cccc(C(=O)N[C@H](C)c3ccc(CC)cc3)c2)C1. The van der Waals surface area contributed by atoms with E-state index in [1.54, 1.807) is 0 Å². The zero-order valence-corrected chi connectivity index (χ0v) is 18.3. The lowest BCUT2D eigenvalue weighted by atomic mass is 9.89. The van der Waals surface area contributed by atoms with Gasteiger partial charge in [-0.25, -0.2) is 4.79 Å². The van der Waals surface area contributed by atoms with E-state index < -0.39 is 0 Å². The summed E-state index contributed by atoms with van der Waals surface area (Å²) in [5.41, 5.74) is 4.18. The largest absolute Gasteiger partial charge is 0.346 e. The highest BCUT2D eigenvalue weighted by Gasteiger charge is 2.25. The van der Waals surface area contributed by atoms with Gasteiger partial charge in [0.25, 0.3) is 5.91 Å². The Kier molecular flexibility index (Phi) is 7.50. The number of benzene rings is 2. The molecule has 2 aromatic carbocycles. The molecule has 5 heteroatoms. The van der Waals surface area contributed by atoms with Gasteiger partial charge in [-0.1, -0.05) is 43.3 Å². The normalized spacial score (nSPS) is 17.3. The summed E-state index contributed by atoms with van der Waals surface area (Å²) in [4.78, 5) is 26.9. The van der Waals surface area contributed by atoms with Gasteiger partial charge in [-0.05, 0) is 61.9 Å². The fourth-order valence-corrected chi connectivity index (χ4v) is 4.04. The lowest BCUT2D eigenvalue weighted by molar-refractivity contribution is 0.0939. The number of aryl methyl sites for hydroxylation is 1. The highest BCUT2D eigenvalue weighted by atomic mass is 16.2. The Balaban J connectivity index is 1.66. The standard InChI is InChI=1S/C25H33N3O2/c1-4-19-11-13-20(14-12-19)18(3)27-24(29)22-9-6-8-21(16-22)23-10-7-15-28(17-23)25(30)26-5-2/h6,8-9,11-14,16,18,23H,4-5,7,10,15,17H2,1-3H3,(H,26,30)(H,27,29)/t18-,23-/m1/s1. The number of likely N-dealkylation sites (tertiary alicyclic amines) is 1. The molecular formula is C25H33N3O2. The Morgan fingerprint density at radius 3 is 2.60 bits per heavy atom. The average Bonchev–Trinajstić information content (AvgIpc) is 2.79. The van der Waals surface area contributed by atoms with Gasteiger partial charge in [0.1, 0.15) is 0 Å². The van der Waals surface area contributed by atoms with Gasteiger partial charge >= 0.3 is 6.03 Å². The van der Waals surface area contributed by atoms with Crippen LogP contribution >= 0.6 is 0 Å². The summed E-state index contributed by atoms with van der Waals surface area (Å²) in [6.07, 6.45) is 3.01. The molecule has 3 rings (SSSR count). The molecule has 0 spiro atoms. The number of nitrogens with one attached hydrogen (secondary N) is 2. The van der Waals surface area contributed by atoms with Crippen molar-refractivity contribution < 1.29 is 9.59 Å². The number of hydrogen-bond donors (Lipinski definition) is 2. The van der Waals surface area contributed by atoms with Gasteiger partial charge < -0.3 is 15.5 Å². The first kappa shape index (κ1) is 21.9. The molecule has 2 N–H and O–H groups in total.